The van der Waals surface area contributed by atoms with Crippen LogP contribution in [0.3, 0.4) is 0 Å². The number of hydrogen-bond donors (Lipinski definition) is 2. The first kappa shape index (κ1) is 16.7. The fourth-order valence-electron chi connectivity index (χ4n) is 2.91. The van der Waals surface area contributed by atoms with Crippen LogP contribution in [0, 0.1) is 13.8 Å². The van der Waals surface area contributed by atoms with Crippen LogP contribution in [0.4, 0.5) is 0 Å². The fourth-order valence-corrected chi connectivity index (χ4v) is 4.12. The van der Waals surface area contributed by atoms with E-state index in [9.17, 15) is 8.42 Å². The Morgan fingerprint density at radius 3 is 2.79 bits per heavy atom. The molecule has 2 N–H and O–H groups in total. The summed E-state index contributed by atoms with van der Waals surface area (Å²) < 4.78 is 29.3. The highest BCUT2D eigenvalue weighted by atomic mass is 32.2. The van der Waals surface area contributed by atoms with Crippen LogP contribution in [0.15, 0.2) is 35.5 Å². The second kappa shape index (κ2) is 6.41. The van der Waals surface area contributed by atoms with Crippen molar-refractivity contribution in [1.29, 1.82) is 0 Å². The van der Waals surface area contributed by atoms with E-state index in [0.29, 0.717) is 25.2 Å². The highest BCUT2D eigenvalue weighted by molar-refractivity contribution is 7.89. The van der Waals surface area contributed by atoms with Gasteiger partial charge in [0, 0.05) is 30.2 Å². The van der Waals surface area contributed by atoms with E-state index >= 15 is 0 Å². The van der Waals surface area contributed by atoms with Crippen molar-refractivity contribution in [3.8, 4) is 0 Å². The quantitative estimate of drug-likeness (QED) is 0.720. The highest BCUT2D eigenvalue weighted by Crippen LogP contribution is 2.20. The number of aromatic nitrogens is 3. The SMILES string of the molecule is CCn1ncc(S(=O)(=O)NCCc2c[nH]c3ccc(C)cc23)c1C. The molecule has 0 spiro atoms. The molecule has 0 radical (unpaired) electrons. The van der Waals surface area contributed by atoms with E-state index in [1.165, 1.54) is 11.8 Å². The lowest BCUT2D eigenvalue weighted by Gasteiger charge is -2.06. The standard InChI is InChI=1S/C17H22N4O2S/c1-4-21-13(3)17(11-19-21)24(22,23)20-8-7-14-10-18-16-6-5-12(2)9-15(14)16/h5-6,9-11,18,20H,4,7-8H2,1-3H3. The van der Waals surface area contributed by atoms with E-state index in [1.54, 1.807) is 11.6 Å². The van der Waals surface area contributed by atoms with E-state index in [0.717, 1.165) is 16.5 Å². The number of nitrogens with one attached hydrogen (secondary N) is 2. The zero-order valence-electron chi connectivity index (χ0n) is 14.1. The predicted octanol–water partition coefficient (Wildman–Crippen LogP) is 2.52. The average Bonchev–Trinajstić information content (AvgIpc) is 3.11. The Hall–Kier alpha value is -2.12. The highest BCUT2D eigenvalue weighted by Gasteiger charge is 2.20. The molecule has 0 aliphatic carbocycles. The summed E-state index contributed by atoms with van der Waals surface area (Å²) in [5.74, 6) is 0. The molecule has 0 amide bonds. The third-order valence-electron chi connectivity index (χ3n) is 4.26. The molecule has 2 heterocycles. The van der Waals surface area contributed by atoms with E-state index in [-0.39, 0.29) is 4.90 Å². The minimum atomic E-state index is -3.54. The van der Waals surface area contributed by atoms with Crippen LogP contribution < -0.4 is 4.72 Å². The molecule has 128 valence electrons. The average molecular weight is 346 g/mol. The molecule has 0 fully saturated rings. The van der Waals surface area contributed by atoms with Gasteiger partial charge in [0.05, 0.1) is 11.9 Å². The van der Waals surface area contributed by atoms with Gasteiger partial charge in [-0.15, -0.1) is 0 Å². The normalized spacial score (nSPS) is 12.1. The molecule has 6 nitrogen and oxygen atoms in total. The van der Waals surface area contributed by atoms with Gasteiger partial charge < -0.3 is 4.98 Å². The minimum absolute atomic E-state index is 0.249. The number of hydrogen-bond acceptors (Lipinski definition) is 3. The molecule has 2 aromatic heterocycles. The summed E-state index contributed by atoms with van der Waals surface area (Å²) in [7, 11) is -3.54. The minimum Gasteiger partial charge on any atom is -0.361 e. The summed E-state index contributed by atoms with van der Waals surface area (Å²) >= 11 is 0. The number of benzene rings is 1. The molecule has 7 heteroatoms. The van der Waals surface area contributed by atoms with Gasteiger partial charge in [0.2, 0.25) is 10.0 Å². The summed E-state index contributed by atoms with van der Waals surface area (Å²) in [6, 6.07) is 6.21. The number of sulfonamides is 1. The summed E-state index contributed by atoms with van der Waals surface area (Å²) in [6.45, 7) is 6.75. The van der Waals surface area contributed by atoms with Crippen LogP contribution in [0.2, 0.25) is 0 Å². The Morgan fingerprint density at radius 1 is 1.29 bits per heavy atom. The van der Waals surface area contributed by atoms with Crippen molar-refractivity contribution in [2.75, 3.05) is 6.54 Å². The van der Waals surface area contributed by atoms with Crippen molar-refractivity contribution < 1.29 is 8.42 Å². The summed E-state index contributed by atoms with van der Waals surface area (Å²) in [5, 5.41) is 5.24. The summed E-state index contributed by atoms with van der Waals surface area (Å²) in [5.41, 5.74) is 4.02. The third kappa shape index (κ3) is 3.09. The Bertz CT molecular complexity index is 970. The lowest BCUT2D eigenvalue weighted by Crippen LogP contribution is -2.26. The smallest absolute Gasteiger partial charge is 0.243 e. The van der Waals surface area contributed by atoms with Crippen molar-refractivity contribution >= 4 is 20.9 Å². The van der Waals surface area contributed by atoms with Crippen molar-refractivity contribution in [2.24, 2.45) is 0 Å². The molecule has 0 bridgehead atoms. The van der Waals surface area contributed by atoms with E-state index < -0.39 is 10.0 Å². The van der Waals surface area contributed by atoms with E-state index in [2.05, 4.69) is 26.9 Å². The Balaban J connectivity index is 1.73. The molecule has 0 atom stereocenters. The van der Waals surface area contributed by atoms with Crippen molar-refractivity contribution in [2.45, 2.75) is 38.6 Å². The molecule has 0 saturated carbocycles. The molecule has 3 rings (SSSR count). The van der Waals surface area contributed by atoms with Gasteiger partial charge in [0.15, 0.2) is 0 Å². The Labute approximate surface area is 141 Å². The van der Waals surface area contributed by atoms with Gasteiger partial charge in [-0.1, -0.05) is 11.6 Å². The van der Waals surface area contributed by atoms with Gasteiger partial charge in [0.1, 0.15) is 4.90 Å². The molecule has 1 aromatic carbocycles. The largest absolute Gasteiger partial charge is 0.361 e. The Morgan fingerprint density at radius 2 is 2.08 bits per heavy atom. The molecule has 0 aliphatic rings. The van der Waals surface area contributed by atoms with Crippen LogP contribution in [-0.4, -0.2) is 29.7 Å². The van der Waals surface area contributed by atoms with Gasteiger partial charge >= 0.3 is 0 Å². The first-order chi connectivity index (χ1) is 11.4. The zero-order valence-corrected chi connectivity index (χ0v) is 14.9. The molecule has 3 aromatic rings. The van der Waals surface area contributed by atoms with Crippen LogP contribution in [0.5, 0.6) is 0 Å². The zero-order chi connectivity index (χ0) is 17.3. The number of aryl methyl sites for hydroxylation is 2. The number of nitrogens with zero attached hydrogens (tertiary/aromatic N) is 2. The molecule has 0 unspecified atom stereocenters. The van der Waals surface area contributed by atoms with Gasteiger partial charge in [-0.25, -0.2) is 13.1 Å². The lowest BCUT2D eigenvalue weighted by molar-refractivity contribution is 0.579. The number of H-pyrrole nitrogens is 1. The van der Waals surface area contributed by atoms with E-state index in [1.807, 2.05) is 26.1 Å². The fraction of sp³-hybridized carbons (Fsp3) is 0.353. The lowest BCUT2D eigenvalue weighted by atomic mass is 10.1. The van der Waals surface area contributed by atoms with Crippen molar-refractivity contribution in [3.05, 3.63) is 47.4 Å². The molecule has 0 saturated heterocycles. The van der Waals surface area contributed by atoms with Gasteiger partial charge in [-0.3, -0.25) is 4.68 Å². The van der Waals surface area contributed by atoms with E-state index in [4.69, 9.17) is 0 Å². The Kier molecular flexibility index (Phi) is 4.47. The topological polar surface area (TPSA) is 79.8 Å². The van der Waals surface area contributed by atoms with Crippen molar-refractivity contribution in [3.63, 3.8) is 0 Å². The van der Waals surface area contributed by atoms with Crippen molar-refractivity contribution in [1.82, 2.24) is 19.5 Å². The molecule has 0 aliphatic heterocycles. The van der Waals surface area contributed by atoms with Crippen LogP contribution in [0.1, 0.15) is 23.7 Å². The second-order valence-corrected chi connectivity index (χ2v) is 7.66. The van der Waals surface area contributed by atoms with Crippen LogP contribution in [-0.2, 0) is 23.0 Å². The second-order valence-electron chi connectivity index (χ2n) is 5.92. The number of rotatable bonds is 6. The molecule has 24 heavy (non-hydrogen) atoms. The first-order valence-corrected chi connectivity index (χ1v) is 9.49. The van der Waals surface area contributed by atoms with Crippen LogP contribution in [0.25, 0.3) is 10.9 Å². The predicted molar refractivity (Wildman–Crippen MR) is 94.6 cm³/mol. The number of aromatic amines is 1. The van der Waals surface area contributed by atoms with Gasteiger partial charge in [-0.2, -0.15) is 5.10 Å². The monoisotopic (exact) mass is 346 g/mol. The maximum atomic E-state index is 12.5. The number of fused-ring (bicyclic) bond motifs is 1. The maximum Gasteiger partial charge on any atom is 0.243 e. The molecular weight excluding hydrogens is 324 g/mol. The summed E-state index contributed by atoms with van der Waals surface area (Å²) in [6.07, 6.45) is 3.98. The third-order valence-corrected chi connectivity index (χ3v) is 5.82. The van der Waals surface area contributed by atoms with Gasteiger partial charge in [0.25, 0.3) is 0 Å². The first-order valence-electron chi connectivity index (χ1n) is 8.01. The molecular formula is C17H22N4O2S. The summed E-state index contributed by atoms with van der Waals surface area (Å²) in [4.78, 5) is 3.47. The van der Waals surface area contributed by atoms with Crippen LogP contribution >= 0.6 is 0 Å². The maximum absolute atomic E-state index is 12.5. The van der Waals surface area contributed by atoms with Gasteiger partial charge in [-0.05, 0) is 44.9 Å².